The lowest BCUT2D eigenvalue weighted by atomic mass is 10.4. The number of sulfone groups is 1. The van der Waals surface area contributed by atoms with Crippen molar-refractivity contribution in [1.82, 2.24) is 0 Å². The molecule has 0 aromatic heterocycles. The minimum Gasteiger partial charge on any atom is -0.223 e. The molecule has 0 aliphatic heterocycles. The van der Waals surface area contributed by atoms with Gasteiger partial charge in [0.1, 0.15) is 0 Å². The van der Waals surface area contributed by atoms with E-state index >= 15 is 0 Å². The first-order chi connectivity index (χ1) is 5.97. The highest BCUT2D eigenvalue weighted by molar-refractivity contribution is 8.03. The first-order valence-corrected chi connectivity index (χ1v) is 6.30. The molecule has 0 saturated carbocycles. The zero-order valence-corrected chi connectivity index (χ0v) is 9.59. The molecule has 0 saturated heterocycles. The van der Waals surface area contributed by atoms with Gasteiger partial charge < -0.3 is 0 Å². The molecule has 2 nitrogen and oxygen atoms in total. The molecule has 0 aliphatic carbocycles. The Balaban J connectivity index is 3.27. The number of rotatable bonds is 2. The van der Waals surface area contributed by atoms with E-state index in [2.05, 4.69) is 12.6 Å². The van der Waals surface area contributed by atoms with Crippen LogP contribution < -0.4 is 0 Å². The van der Waals surface area contributed by atoms with Crippen molar-refractivity contribution in [1.29, 1.82) is 0 Å². The molecule has 0 aliphatic rings. The maximum absolute atomic E-state index is 11.3. The van der Waals surface area contributed by atoms with Gasteiger partial charge in [-0.3, -0.25) is 0 Å². The van der Waals surface area contributed by atoms with Gasteiger partial charge in [-0.15, -0.1) is 0 Å². The summed E-state index contributed by atoms with van der Waals surface area (Å²) in [6.07, 6.45) is 0. The summed E-state index contributed by atoms with van der Waals surface area (Å²) in [6, 6.07) is 4.16. The summed E-state index contributed by atoms with van der Waals surface area (Å²) in [6.45, 7) is 0. The highest BCUT2D eigenvalue weighted by atomic mass is 35.5. The molecular formula is C7H6Cl2O2S2. The normalized spacial score (nSPS) is 11.6. The maximum Gasteiger partial charge on any atom is 0.187 e. The average molecular weight is 257 g/mol. The Morgan fingerprint density at radius 3 is 2.31 bits per heavy atom. The fourth-order valence-corrected chi connectivity index (χ4v) is 2.28. The fraction of sp³-hybridized carbons (Fsp3) is 0.143. The van der Waals surface area contributed by atoms with Gasteiger partial charge in [-0.05, 0) is 18.2 Å². The van der Waals surface area contributed by atoms with Gasteiger partial charge in [-0.25, -0.2) is 8.42 Å². The molecule has 6 heteroatoms. The van der Waals surface area contributed by atoms with Gasteiger partial charge in [0.25, 0.3) is 0 Å². The third-order valence-electron chi connectivity index (χ3n) is 1.42. The Hall–Kier alpha value is 0.1000. The number of benzene rings is 1. The van der Waals surface area contributed by atoms with Crippen LogP contribution in [0.25, 0.3) is 0 Å². The van der Waals surface area contributed by atoms with E-state index < -0.39 is 9.84 Å². The summed E-state index contributed by atoms with van der Waals surface area (Å²) in [5.74, 6) is 0. The minimum atomic E-state index is -3.32. The molecule has 0 amide bonds. The molecule has 0 bridgehead atoms. The summed E-state index contributed by atoms with van der Waals surface area (Å²) >= 11 is 15.0. The minimum absolute atomic E-state index is 0.136. The van der Waals surface area contributed by atoms with E-state index in [4.69, 9.17) is 23.2 Å². The van der Waals surface area contributed by atoms with Gasteiger partial charge >= 0.3 is 0 Å². The number of halogens is 2. The number of hydrogen-bond donors (Lipinski definition) is 1. The van der Waals surface area contributed by atoms with Crippen LogP contribution in [0.3, 0.4) is 0 Å². The van der Waals surface area contributed by atoms with Crippen LogP contribution in [0, 0.1) is 0 Å². The van der Waals surface area contributed by atoms with E-state index in [9.17, 15) is 8.42 Å². The Kier molecular flexibility index (Phi) is 3.51. The van der Waals surface area contributed by atoms with E-state index in [-0.39, 0.29) is 15.0 Å². The van der Waals surface area contributed by atoms with Gasteiger partial charge in [-0.1, -0.05) is 23.2 Å². The molecule has 0 heterocycles. The second-order valence-corrected chi connectivity index (χ2v) is 5.87. The largest absolute Gasteiger partial charge is 0.223 e. The van der Waals surface area contributed by atoms with Crippen LogP contribution >= 0.6 is 35.8 Å². The first kappa shape index (κ1) is 11.2. The molecule has 0 fully saturated rings. The molecule has 1 rings (SSSR count). The third-order valence-corrected chi connectivity index (χ3v) is 4.49. The summed E-state index contributed by atoms with van der Waals surface area (Å²) in [5, 5.41) is 0.314. The molecule has 0 unspecified atom stereocenters. The van der Waals surface area contributed by atoms with Crippen molar-refractivity contribution in [3.63, 3.8) is 0 Å². The standard InChI is InChI=1S/C7H6Cl2O2S2/c8-6-2-1-5(3-7(6)9)13(10,11)4-12/h1-3,12H,4H2. The van der Waals surface area contributed by atoms with Crippen LogP contribution in [-0.2, 0) is 9.84 Å². The molecular weight excluding hydrogens is 251 g/mol. The van der Waals surface area contributed by atoms with E-state index in [1.807, 2.05) is 0 Å². The average Bonchev–Trinajstić information content (AvgIpc) is 2.09. The summed E-state index contributed by atoms with van der Waals surface area (Å²) < 4.78 is 22.6. The highest BCUT2D eigenvalue weighted by Crippen LogP contribution is 2.25. The van der Waals surface area contributed by atoms with Gasteiger partial charge in [-0.2, -0.15) is 12.6 Å². The summed E-state index contributed by atoms with van der Waals surface area (Å²) in [4.78, 5) is 0.136. The molecule has 0 radical (unpaired) electrons. The van der Waals surface area contributed by atoms with Crippen molar-refractivity contribution in [2.45, 2.75) is 4.90 Å². The van der Waals surface area contributed by atoms with Gasteiger partial charge in [0, 0.05) is 0 Å². The molecule has 72 valence electrons. The summed E-state index contributed by atoms with van der Waals surface area (Å²) in [7, 11) is -3.32. The zero-order chi connectivity index (χ0) is 10.1. The molecule has 1 aromatic carbocycles. The van der Waals surface area contributed by atoms with Crippen molar-refractivity contribution in [2.24, 2.45) is 0 Å². The van der Waals surface area contributed by atoms with Crippen molar-refractivity contribution in [3.8, 4) is 0 Å². The zero-order valence-electron chi connectivity index (χ0n) is 6.37. The molecule has 0 N–H and O–H groups in total. The third kappa shape index (κ3) is 2.53. The second kappa shape index (κ2) is 4.09. The smallest absolute Gasteiger partial charge is 0.187 e. The fourth-order valence-electron chi connectivity index (χ4n) is 0.745. The van der Waals surface area contributed by atoms with Crippen molar-refractivity contribution >= 4 is 45.7 Å². The monoisotopic (exact) mass is 256 g/mol. The number of thiol groups is 1. The molecule has 0 atom stereocenters. The Bertz CT molecular complexity index is 415. The van der Waals surface area contributed by atoms with Crippen molar-refractivity contribution in [3.05, 3.63) is 28.2 Å². The van der Waals surface area contributed by atoms with E-state index in [0.29, 0.717) is 5.02 Å². The van der Waals surface area contributed by atoms with Crippen LogP contribution in [0.1, 0.15) is 0 Å². The molecule has 13 heavy (non-hydrogen) atoms. The van der Waals surface area contributed by atoms with Crippen LogP contribution in [0.4, 0.5) is 0 Å². The van der Waals surface area contributed by atoms with Crippen LogP contribution in [0.2, 0.25) is 10.0 Å². The highest BCUT2D eigenvalue weighted by Gasteiger charge is 2.12. The lowest BCUT2D eigenvalue weighted by Gasteiger charge is -2.01. The van der Waals surface area contributed by atoms with Gasteiger partial charge in [0.05, 0.1) is 20.0 Å². The topological polar surface area (TPSA) is 34.1 Å². The van der Waals surface area contributed by atoms with Crippen molar-refractivity contribution in [2.75, 3.05) is 5.08 Å². The van der Waals surface area contributed by atoms with Crippen molar-refractivity contribution < 1.29 is 8.42 Å². The maximum atomic E-state index is 11.3. The molecule has 1 aromatic rings. The lowest BCUT2D eigenvalue weighted by molar-refractivity contribution is 0.601. The van der Waals surface area contributed by atoms with Crippen LogP contribution in [0.5, 0.6) is 0 Å². The van der Waals surface area contributed by atoms with Gasteiger partial charge in [0.2, 0.25) is 0 Å². The quantitative estimate of drug-likeness (QED) is 0.826. The van der Waals surface area contributed by atoms with E-state index in [1.54, 1.807) is 0 Å². The first-order valence-electron chi connectivity index (χ1n) is 3.26. The van der Waals surface area contributed by atoms with Crippen LogP contribution in [-0.4, -0.2) is 13.5 Å². The van der Waals surface area contributed by atoms with E-state index in [1.165, 1.54) is 18.2 Å². The molecule has 0 spiro atoms. The van der Waals surface area contributed by atoms with Crippen LogP contribution in [0.15, 0.2) is 23.1 Å². The summed E-state index contributed by atoms with van der Waals surface area (Å²) in [5.41, 5.74) is 0. The Morgan fingerprint density at radius 2 is 1.85 bits per heavy atom. The second-order valence-electron chi connectivity index (χ2n) is 2.32. The lowest BCUT2D eigenvalue weighted by Crippen LogP contribution is -2.01. The number of hydrogen-bond acceptors (Lipinski definition) is 3. The van der Waals surface area contributed by atoms with E-state index in [0.717, 1.165) is 0 Å². The Labute approximate surface area is 92.2 Å². The predicted octanol–water partition coefficient (Wildman–Crippen LogP) is 2.65. The predicted molar refractivity (Wildman–Crippen MR) is 57.5 cm³/mol. The Morgan fingerprint density at radius 1 is 1.23 bits per heavy atom. The van der Waals surface area contributed by atoms with Gasteiger partial charge in [0.15, 0.2) is 9.84 Å². The SMILES string of the molecule is O=S(=O)(CS)c1ccc(Cl)c(Cl)c1.